The van der Waals surface area contributed by atoms with Crippen LogP contribution in [-0.2, 0) is 9.47 Å². The first-order valence-corrected chi connectivity index (χ1v) is 20.7. The maximum Gasteiger partial charge on any atom is 0.395 e. The second-order valence-electron chi connectivity index (χ2n) is 19.1. The van der Waals surface area contributed by atoms with Gasteiger partial charge in [0.25, 0.3) is 23.6 Å². The molecule has 2 aromatic carbocycles. The fraction of sp³-hybridized carbons (Fsp3) is 0.404. The molecular weight excluding hydrogens is 948 g/mol. The first kappa shape index (κ1) is 49.3. The Balaban J connectivity index is 1.02. The molecule has 0 spiro atoms. The monoisotopic (exact) mass is 986 g/mol. The maximum atomic E-state index is 16.4. The number of alkyl halides is 12. The van der Waals surface area contributed by atoms with Crippen LogP contribution in [0.15, 0.2) is 108 Å². The summed E-state index contributed by atoms with van der Waals surface area (Å²) < 4.78 is 204. The molecule has 0 radical (unpaired) electrons. The van der Waals surface area contributed by atoms with Crippen LogP contribution in [0, 0.1) is 5.41 Å². The first-order valence-electron chi connectivity index (χ1n) is 20.7. The molecule has 0 saturated heterocycles. The SMILES string of the molecule is CC1(OC2(F)C(F)(F)C(F)(F)C2(F)OC2C=CC=C(C(C)(C)C)C=C2)C=CC=C(N2C(=O)c3ccc(OC4(F)C(F)(F)C(F)(F)C4(F)Oc4ccc5c(c4)C(=O)N(C(C)(C)C)C5=O)cc3C2=O)C=C1. The van der Waals surface area contributed by atoms with Gasteiger partial charge >= 0.3 is 47.1 Å². The van der Waals surface area contributed by atoms with Gasteiger partial charge in [-0.1, -0.05) is 57.2 Å². The number of hydrogen-bond donors (Lipinski definition) is 0. The van der Waals surface area contributed by atoms with Crippen molar-refractivity contribution in [3.05, 3.63) is 131 Å². The molecule has 0 bridgehead atoms. The van der Waals surface area contributed by atoms with Gasteiger partial charge in [-0.05, 0) is 99.4 Å². The average Bonchev–Trinajstić information content (AvgIpc) is 3.41. The van der Waals surface area contributed by atoms with Crippen molar-refractivity contribution in [2.24, 2.45) is 5.41 Å². The van der Waals surface area contributed by atoms with Gasteiger partial charge in [0.15, 0.2) is 0 Å². The molecule has 2 aliphatic heterocycles. The molecule has 10 nitrogen and oxygen atoms in total. The third-order valence-corrected chi connectivity index (χ3v) is 12.2. The highest BCUT2D eigenvalue weighted by molar-refractivity contribution is 6.23. The zero-order valence-corrected chi connectivity index (χ0v) is 37.0. The lowest BCUT2D eigenvalue weighted by molar-refractivity contribution is -0.563. The van der Waals surface area contributed by atoms with Crippen LogP contribution in [0.25, 0.3) is 0 Å². The number of carbonyl (C=O) groups excluding carboxylic acids is 4. The maximum absolute atomic E-state index is 16.4. The highest BCUT2D eigenvalue weighted by Gasteiger charge is 3.04. The zero-order valence-electron chi connectivity index (χ0n) is 37.0. The molecule has 69 heavy (non-hydrogen) atoms. The topological polar surface area (TPSA) is 112 Å². The summed E-state index contributed by atoms with van der Waals surface area (Å²) in [5.74, 6) is -51.4. The van der Waals surface area contributed by atoms with E-state index >= 15 is 35.1 Å². The number of allylic oxidation sites excluding steroid dienone is 7. The Morgan fingerprint density at radius 3 is 1.55 bits per heavy atom. The van der Waals surface area contributed by atoms with Gasteiger partial charge in [0, 0.05) is 5.54 Å². The molecule has 8 rings (SSSR count). The van der Waals surface area contributed by atoms with E-state index in [1.54, 1.807) is 20.8 Å². The van der Waals surface area contributed by atoms with Gasteiger partial charge in [-0.25, -0.2) is 4.90 Å². The second kappa shape index (κ2) is 14.7. The number of imide groups is 2. The standard InChI is InChI=1S/C47H38F12N2O8/c1-37(2,3)24-10-8-12-26(14-13-24)66-46(58)42(52,53)43(54,55)47(46,59)69-39(7)20-9-11-25(19-21-39)60-33(62)29-17-15-27(22-31(29)34(60)63)67-44(56)40(48,49)41(50,51)45(44,57)68-28-16-18-30-32(23-28)36(65)61(35(30)64)38(4,5)6/h8-23,26H,1-7H3. The van der Waals surface area contributed by atoms with Crippen LogP contribution < -0.4 is 9.47 Å². The van der Waals surface area contributed by atoms with Crippen LogP contribution in [0.2, 0.25) is 0 Å². The minimum Gasteiger partial charge on any atom is -0.447 e. The minimum absolute atomic E-state index is 0.287. The Morgan fingerprint density at radius 2 is 1.01 bits per heavy atom. The molecule has 4 amide bonds. The average molecular weight is 987 g/mol. The van der Waals surface area contributed by atoms with Crippen molar-refractivity contribution < 1.29 is 90.8 Å². The van der Waals surface area contributed by atoms with Crippen LogP contribution in [-0.4, -0.2) is 97.8 Å². The molecule has 22 heteroatoms. The summed E-state index contributed by atoms with van der Waals surface area (Å²) in [7, 11) is 0. The number of carbonyl (C=O) groups is 4. The van der Waals surface area contributed by atoms with Crippen LogP contribution in [0.5, 0.6) is 11.5 Å². The van der Waals surface area contributed by atoms with E-state index in [0.717, 1.165) is 54.3 Å². The summed E-state index contributed by atoms with van der Waals surface area (Å²) in [6, 6.07) is 3.69. The lowest BCUT2D eigenvalue weighted by atomic mass is 9.75. The van der Waals surface area contributed by atoms with E-state index in [1.807, 2.05) is 0 Å². The first-order chi connectivity index (χ1) is 31.5. The fourth-order valence-electron chi connectivity index (χ4n) is 8.34. The number of nitrogens with zero attached hydrogens (tertiary/aromatic N) is 2. The molecule has 6 unspecified atom stereocenters. The summed E-state index contributed by atoms with van der Waals surface area (Å²) in [5.41, 5.74) is -6.24. The van der Waals surface area contributed by atoms with E-state index in [0.29, 0.717) is 46.9 Å². The Morgan fingerprint density at radius 1 is 0.536 bits per heavy atom. The van der Waals surface area contributed by atoms with Crippen molar-refractivity contribution >= 4 is 23.6 Å². The summed E-state index contributed by atoms with van der Waals surface area (Å²) in [4.78, 5) is 54.2. The van der Waals surface area contributed by atoms with Gasteiger partial charge in [-0.3, -0.25) is 24.1 Å². The Kier molecular flexibility index (Phi) is 10.5. The zero-order chi connectivity index (χ0) is 51.3. The van der Waals surface area contributed by atoms with Crippen LogP contribution in [0.3, 0.4) is 0 Å². The summed E-state index contributed by atoms with van der Waals surface area (Å²) in [5, 5.41) is 0. The number of amides is 4. The predicted molar refractivity (Wildman–Crippen MR) is 217 cm³/mol. The number of rotatable bonds is 9. The van der Waals surface area contributed by atoms with Crippen LogP contribution in [0.4, 0.5) is 52.7 Å². The highest BCUT2D eigenvalue weighted by Crippen LogP contribution is 2.71. The molecule has 0 aromatic heterocycles. The van der Waals surface area contributed by atoms with Crippen molar-refractivity contribution in [2.45, 2.75) is 113 Å². The van der Waals surface area contributed by atoms with Crippen molar-refractivity contribution in [3.8, 4) is 11.5 Å². The van der Waals surface area contributed by atoms with Crippen molar-refractivity contribution in [1.82, 2.24) is 9.80 Å². The fourth-order valence-corrected chi connectivity index (χ4v) is 8.34. The Bertz CT molecular complexity index is 2830. The largest absolute Gasteiger partial charge is 0.447 e. The molecule has 4 aliphatic carbocycles. The van der Waals surface area contributed by atoms with E-state index in [-0.39, 0.29) is 5.56 Å². The molecule has 2 saturated carbocycles. The molecule has 6 aliphatic rings. The minimum atomic E-state index is -6.00. The molecule has 2 aromatic rings. The van der Waals surface area contributed by atoms with Gasteiger partial charge in [0.05, 0.1) is 34.1 Å². The van der Waals surface area contributed by atoms with E-state index in [2.05, 4.69) is 9.47 Å². The van der Waals surface area contributed by atoms with E-state index in [9.17, 15) is 36.7 Å². The smallest absolute Gasteiger partial charge is 0.395 e. The predicted octanol–water partition coefficient (Wildman–Crippen LogP) is 10.6. The normalized spacial score (nSPS) is 32.7. The molecule has 368 valence electrons. The molecule has 2 fully saturated rings. The molecular formula is C47H38F12N2O8. The molecule has 6 atom stereocenters. The summed E-state index contributed by atoms with van der Waals surface area (Å²) in [6.45, 7) is 10.6. The number of ether oxygens (including phenoxy) is 4. The lowest BCUT2D eigenvalue weighted by Crippen LogP contribution is -2.89. The third kappa shape index (κ3) is 6.48. The van der Waals surface area contributed by atoms with Gasteiger partial charge in [-0.2, -0.15) is 52.7 Å². The van der Waals surface area contributed by atoms with Crippen molar-refractivity contribution in [3.63, 3.8) is 0 Å². The van der Waals surface area contributed by atoms with E-state index in [1.165, 1.54) is 39.0 Å². The Hall–Kier alpha value is -6.16. The van der Waals surface area contributed by atoms with Gasteiger partial charge in [0.2, 0.25) is 0 Å². The van der Waals surface area contributed by atoms with Crippen molar-refractivity contribution in [2.75, 3.05) is 0 Å². The van der Waals surface area contributed by atoms with Gasteiger partial charge in [-0.15, -0.1) is 0 Å². The highest BCUT2D eigenvalue weighted by atomic mass is 19.3. The van der Waals surface area contributed by atoms with Crippen LogP contribution in [0.1, 0.15) is 89.9 Å². The van der Waals surface area contributed by atoms with Crippen LogP contribution >= 0.6 is 0 Å². The molecule has 0 N–H and O–H groups in total. The number of hydrogen-bond acceptors (Lipinski definition) is 8. The lowest BCUT2D eigenvalue weighted by Gasteiger charge is -2.58. The van der Waals surface area contributed by atoms with E-state index < -0.39 is 127 Å². The van der Waals surface area contributed by atoms with Crippen molar-refractivity contribution in [1.29, 1.82) is 0 Å². The number of benzene rings is 2. The molecule has 2 heterocycles. The summed E-state index contributed by atoms with van der Waals surface area (Å²) >= 11 is 0. The quantitative estimate of drug-likeness (QED) is 0.180. The van der Waals surface area contributed by atoms with Gasteiger partial charge < -0.3 is 18.9 Å². The summed E-state index contributed by atoms with van der Waals surface area (Å²) in [6.07, 6.45) is 8.42. The second-order valence-corrected chi connectivity index (χ2v) is 19.1. The number of fused-ring (bicyclic) bond motifs is 2. The van der Waals surface area contributed by atoms with Gasteiger partial charge in [0.1, 0.15) is 17.1 Å². The number of halogens is 12. The van der Waals surface area contributed by atoms with E-state index in [4.69, 9.17) is 9.47 Å². The third-order valence-electron chi connectivity index (χ3n) is 12.2. The Labute approximate surface area is 384 Å².